The molecule has 5 rings (SSSR count). The van der Waals surface area contributed by atoms with Gasteiger partial charge >= 0.3 is 5.97 Å². The molecule has 3 heterocycles. The van der Waals surface area contributed by atoms with E-state index < -0.39 is 11.5 Å². The Kier molecular flexibility index (Phi) is 7.26. The van der Waals surface area contributed by atoms with Crippen molar-refractivity contribution in [1.29, 1.82) is 0 Å². The second-order valence-electron chi connectivity index (χ2n) is 9.13. The summed E-state index contributed by atoms with van der Waals surface area (Å²) >= 11 is 0. The Morgan fingerprint density at radius 2 is 1.66 bits per heavy atom. The second-order valence-corrected chi connectivity index (χ2v) is 9.13. The van der Waals surface area contributed by atoms with Crippen molar-refractivity contribution in [3.05, 3.63) is 87.9 Å². The number of anilines is 1. The number of ether oxygens (including phenoxy) is 2. The van der Waals surface area contributed by atoms with Gasteiger partial charge in [-0.1, -0.05) is 48.5 Å². The Balaban J connectivity index is 1.55. The van der Waals surface area contributed by atoms with Gasteiger partial charge in [0.25, 0.3) is 11.5 Å². The van der Waals surface area contributed by atoms with Gasteiger partial charge in [-0.3, -0.25) is 19.0 Å². The van der Waals surface area contributed by atoms with Crippen LogP contribution in [-0.4, -0.2) is 66.5 Å². The summed E-state index contributed by atoms with van der Waals surface area (Å²) in [6, 6.07) is 16.0. The number of benzene rings is 2. The van der Waals surface area contributed by atoms with E-state index in [0.29, 0.717) is 60.7 Å². The van der Waals surface area contributed by atoms with Crippen LogP contribution in [-0.2, 0) is 20.8 Å². The number of nitrogens with zero attached hydrogens (tertiary/aromatic N) is 3. The lowest BCUT2D eigenvalue weighted by Crippen LogP contribution is -2.50. The molecule has 0 radical (unpaired) electrons. The number of carbonyl (C=O) groups is 3. The summed E-state index contributed by atoms with van der Waals surface area (Å²) in [4.78, 5) is 56.6. The summed E-state index contributed by atoms with van der Waals surface area (Å²) in [5.41, 5.74) is 0.814. The Morgan fingerprint density at radius 3 is 2.34 bits per heavy atom. The largest absolute Gasteiger partial charge is 0.488 e. The van der Waals surface area contributed by atoms with E-state index in [0.717, 1.165) is 6.42 Å². The van der Waals surface area contributed by atoms with Gasteiger partial charge in [-0.15, -0.1) is 0 Å². The number of pyridine rings is 1. The summed E-state index contributed by atoms with van der Waals surface area (Å²) < 4.78 is 12.1. The van der Waals surface area contributed by atoms with Gasteiger partial charge in [0.05, 0.1) is 31.0 Å². The van der Waals surface area contributed by atoms with E-state index in [2.05, 4.69) is 0 Å². The summed E-state index contributed by atoms with van der Waals surface area (Å²) in [5, 5.41) is 0.664. The summed E-state index contributed by atoms with van der Waals surface area (Å²) in [7, 11) is 0. The number of para-hydroxylation sites is 1. The van der Waals surface area contributed by atoms with E-state index in [-0.39, 0.29) is 30.4 Å². The van der Waals surface area contributed by atoms with Crippen molar-refractivity contribution < 1.29 is 23.9 Å². The molecule has 2 aliphatic heterocycles. The van der Waals surface area contributed by atoms with E-state index in [1.54, 1.807) is 54.3 Å². The van der Waals surface area contributed by atoms with Crippen molar-refractivity contribution in [2.45, 2.75) is 19.9 Å². The molecule has 196 valence electrons. The topological polar surface area (TPSA) is 98.1 Å². The third-order valence-corrected chi connectivity index (χ3v) is 6.82. The van der Waals surface area contributed by atoms with Crippen LogP contribution in [0.25, 0.3) is 10.9 Å². The van der Waals surface area contributed by atoms with E-state index in [9.17, 15) is 19.2 Å². The van der Waals surface area contributed by atoms with Crippen LogP contribution in [0.1, 0.15) is 34.1 Å². The van der Waals surface area contributed by atoms with Crippen LogP contribution in [0.3, 0.4) is 0 Å². The molecule has 0 bridgehead atoms. The predicted molar refractivity (Wildman–Crippen MR) is 142 cm³/mol. The van der Waals surface area contributed by atoms with Crippen LogP contribution in [0, 0.1) is 0 Å². The van der Waals surface area contributed by atoms with Gasteiger partial charge in [0.1, 0.15) is 5.56 Å². The molecule has 0 saturated carbocycles. The number of carbonyl (C=O) groups excluding carboxylic acids is 3. The molecule has 9 heteroatoms. The highest BCUT2D eigenvalue weighted by Crippen LogP contribution is 2.31. The van der Waals surface area contributed by atoms with Crippen molar-refractivity contribution in [3.63, 3.8) is 0 Å². The van der Waals surface area contributed by atoms with Gasteiger partial charge in [0.15, 0.2) is 11.5 Å². The highest BCUT2D eigenvalue weighted by Gasteiger charge is 2.31. The van der Waals surface area contributed by atoms with Gasteiger partial charge < -0.3 is 19.3 Å². The van der Waals surface area contributed by atoms with Gasteiger partial charge in [0, 0.05) is 43.5 Å². The third-order valence-electron chi connectivity index (χ3n) is 6.82. The van der Waals surface area contributed by atoms with Crippen LogP contribution in [0.2, 0.25) is 0 Å². The fourth-order valence-electron chi connectivity index (χ4n) is 4.98. The fourth-order valence-corrected chi connectivity index (χ4v) is 4.98. The van der Waals surface area contributed by atoms with E-state index in [1.807, 2.05) is 23.1 Å². The highest BCUT2D eigenvalue weighted by molar-refractivity contribution is 6.06. The number of hydrogen-bond acceptors (Lipinski definition) is 7. The minimum Gasteiger partial charge on any atom is -0.488 e. The summed E-state index contributed by atoms with van der Waals surface area (Å²) in [6.45, 7) is 3.73. The molecule has 1 saturated heterocycles. The SMILES string of the molecule is CCOC(=O)c1c(N2CCN(C(=O)C3=CCCO3)CC2)c2ccccc2n(CC(=O)c2ccccc2)c1=O. The predicted octanol–water partition coefficient (Wildman–Crippen LogP) is 3.01. The zero-order chi connectivity index (χ0) is 26.6. The molecule has 3 aromatic rings. The van der Waals surface area contributed by atoms with Gasteiger partial charge in [-0.05, 0) is 19.1 Å². The van der Waals surface area contributed by atoms with Gasteiger partial charge in [-0.25, -0.2) is 4.79 Å². The maximum absolute atomic E-state index is 13.9. The maximum Gasteiger partial charge on any atom is 0.345 e. The van der Waals surface area contributed by atoms with Crippen molar-refractivity contribution in [2.75, 3.05) is 44.3 Å². The molecule has 1 fully saturated rings. The quantitative estimate of drug-likeness (QED) is 0.352. The summed E-state index contributed by atoms with van der Waals surface area (Å²) in [5.74, 6) is -0.743. The van der Waals surface area contributed by atoms with Crippen molar-refractivity contribution >= 4 is 34.3 Å². The molecule has 1 amide bonds. The molecule has 0 N–H and O–H groups in total. The number of Topliss-reactive ketones (excluding diaryl/α,β-unsaturated/α-hetero) is 1. The molecule has 2 aliphatic rings. The number of amides is 1. The number of rotatable bonds is 7. The zero-order valence-corrected chi connectivity index (χ0v) is 21.2. The number of aromatic nitrogens is 1. The van der Waals surface area contributed by atoms with Crippen molar-refractivity contribution in [2.24, 2.45) is 0 Å². The molecular weight excluding hydrogens is 486 g/mol. The molecule has 38 heavy (non-hydrogen) atoms. The Labute approximate surface area is 219 Å². The molecule has 0 unspecified atom stereocenters. The number of fused-ring (bicyclic) bond motifs is 1. The minimum absolute atomic E-state index is 0.102. The normalized spacial score (nSPS) is 15.2. The first-order valence-corrected chi connectivity index (χ1v) is 12.8. The lowest BCUT2D eigenvalue weighted by Gasteiger charge is -2.37. The Hall–Kier alpha value is -4.40. The molecule has 9 nitrogen and oxygen atoms in total. The molecule has 1 aromatic heterocycles. The highest BCUT2D eigenvalue weighted by atomic mass is 16.5. The molecule has 2 aromatic carbocycles. The first-order chi connectivity index (χ1) is 18.5. The fraction of sp³-hybridized carbons (Fsp3) is 0.310. The van der Waals surface area contributed by atoms with Crippen LogP contribution < -0.4 is 10.5 Å². The van der Waals surface area contributed by atoms with Gasteiger partial charge in [0.2, 0.25) is 0 Å². The van der Waals surface area contributed by atoms with Crippen LogP contribution in [0.4, 0.5) is 5.69 Å². The van der Waals surface area contributed by atoms with E-state index >= 15 is 0 Å². The minimum atomic E-state index is -0.734. The molecule has 0 spiro atoms. The Bertz CT molecular complexity index is 1470. The summed E-state index contributed by atoms with van der Waals surface area (Å²) in [6.07, 6.45) is 2.52. The smallest absolute Gasteiger partial charge is 0.345 e. The number of hydrogen-bond donors (Lipinski definition) is 0. The van der Waals surface area contributed by atoms with E-state index in [4.69, 9.17) is 9.47 Å². The van der Waals surface area contributed by atoms with Crippen molar-refractivity contribution in [3.8, 4) is 0 Å². The maximum atomic E-state index is 13.9. The molecule has 0 atom stereocenters. The molecular formula is C29H29N3O6. The third kappa shape index (κ3) is 4.79. The van der Waals surface area contributed by atoms with Crippen molar-refractivity contribution in [1.82, 2.24) is 9.47 Å². The first kappa shape index (κ1) is 25.3. The van der Waals surface area contributed by atoms with Crippen LogP contribution >= 0.6 is 0 Å². The molecule has 0 aliphatic carbocycles. The van der Waals surface area contributed by atoms with Crippen LogP contribution in [0.5, 0.6) is 0 Å². The number of piperazine rings is 1. The number of esters is 1. The zero-order valence-electron chi connectivity index (χ0n) is 21.2. The second kappa shape index (κ2) is 10.9. The lowest BCUT2D eigenvalue weighted by molar-refractivity contribution is -0.130. The standard InChI is InChI=1S/C29H29N3O6/c1-2-37-29(36)25-26(30-14-16-31(17-15-30)27(34)24-13-8-18-38-24)21-11-6-7-12-22(21)32(28(25)35)19-23(33)20-9-4-3-5-10-20/h3-7,9-13H,2,8,14-19H2,1H3. The Morgan fingerprint density at radius 1 is 0.947 bits per heavy atom. The van der Waals surface area contributed by atoms with E-state index in [1.165, 1.54) is 4.57 Å². The van der Waals surface area contributed by atoms with Gasteiger partial charge in [-0.2, -0.15) is 0 Å². The average Bonchev–Trinajstić information content (AvgIpc) is 3.49. The first-order valence-electron chi connectivity index (χ1n) is 12.8. The monoisotopic (exact) mass is 515 g/mol. The number of ketones is 1. The average molecular weight is 516 g/mol. The lowest BCUT2D eigenvalue weighted by atomic mass is 10.0. The van der Waals surface area contributed by atoms with Crippen LogP contribution in [0.15, 0.2) is 71.2 Å².